The summed E-state index contributed by atoms with van der Waals surface area (Å²) in [6.45, 7) is 7.48. The highest BCUT2D eigenvalue weighted by Crippen LogP contribution is 2.38. The fourth-order valence-corrected chi connectivity index (χ4v) is 6.53. The molecule has 1 aliphatic carbocycles. The third-order valence-corrected chi connectivity index (χ3v) is 8.70. The van der Waals surface area contributed by atoms with Gasteiger partial charge in [0.25, 0.3) is 0 Å². The molecule has 2 heteroatoms. The molecular formula is C15H22SSi. The Balaban J connectivity index is 2.17. The molecule has 0 nitrogen and oxygen atoms in total. The fraction of sp³-hybridized carbons (Fsp3) is 0.467. The summed E-state index contributed by atoms with van der Waals surface area (Å²) in [5, 5.41) is 0. The Morgan fingerprint density at radius 2 is 1.82 bits per heavy atom. The maximum absolute atomic E-state index is 2.50. The Bertz CT molecular complexity index is 389. The molecule has 0 aliphatic heterocycles. The van der Waals surface area contributed by atoms with Crippen molar-refractivity contribution in [2.24, 2.45) is 0 Å². The number of benzene rings is 1. The van der Waals surface area contributed by atoms with E-state index in [1.807, 2.05) is 0 Å². The van der Waals surface area contributed by atoms with Gasteiger partial charge >= 0.3 is 0 Å². The van der Waals surface area contributed by atoms with Crippen molar-refractivity contribution in [1.82, 2.24) is 0 Å². The van der Waals surface area contributed by atoms with Gasteiger partial charge in [-0.3, -0.25) is 0 Å². The van der Waals surface area contributed by atoms with E-state index in [2.05, 4.69) is 67.8 Å². The summed E-state index contributed by atoms with van der Waals surface area (Å²) >= 11 is 2.09. The first-order valence-electron chi connectivity index (χ1n) is 6.48. The molecule has 0 N–H and O–H groups in total. The average molecular weight is 262 g/mol. The van der Waals surface area contributed by atoms with E-state index >= 15 is 0 Å². The third kappa shape index (κ3) is 3.49. The summed E-state index contributed by atoms with van der Waals surface area (Å²) in [4.78, 5) is 2.18. The molecule has 0 saturated carbocycles. The quantitative estimate of drug-likeness (QED) is 0.411. The molecule has 2 rings (SSSR count). The van der Waals surface area contributed by atoms with Crippen LogP contribution >= 0.6 is 11.8 Å². The third-order valence-electron chi connectivity index (χ3n) is 3.20. The van der Waals surface area contributed by atoms with Crippen molar-refractivity contribution in [3.05, 3.63) is 42.0 Å². The van der Waals surface area contributed by atoms with Crippen molar-refractivity contribution < 1.29 is 0 Å². The molecule has 1 unspecified atom stereocenters. The predicted octanol–water partition coefficient (Wildman–Crippen LogP) is 5.14. The molecular weight excluding hydrogens is 240 g/mol. The van der Waals surface area contributed by atoms with Crippen molar-refractivity contribution >= 4 is 19.8 Å². The first-order chi connectivity index (χ1) is 8.07. The van der Waals surface area contributed by atoms with Gasteiger partial charge in [0.1, 0.15) is 0 Å². The van der Waals surface area contributed by atoms with Crippen LogP contribution in [0.3, 0.4) is 0 Å². The van der Waals surface area contributed by atoms with Crippen LogP contribution in [0.1, 0.15) is 19.3 Å². The number of hydrogen-bond donors (Lipinski definition) is 0. The Morgan fingerprint density at radius 1 is 1.12 bits per heavy atom. The van der Waals surface area contributed by atoms with Crippen LogP contribution in [-0.4, -0.2) is 12.9 Å². The molecule has 1 aliphatic rings. The van der Waals surface area contributed by atoms with E-state index in [-0.39, 0.29) is 0 Å². The van der Waals surface area contributed by atoms with Crippen LogP contribution in [0.5, 0.6) is 0 Å². The topological polar surface area (TPSA) is 0 Å². The van der Waals surface area contributed by atoms with Gasteiger partial charge in [0.15, 0.2) is 0 Å². The largest absolute Gasteiger partial charge is 0.122 e. The van der Waals surface area contributed by atoms with Crippen molar-refractivity contribution in [2.45, 2.75) is 48.7 Å². The van der Waals surface area contributed by atoms with E-state index in [9.17, 15) is 0 Å². The van der Waals surface area contributed by atoms with Gasteiger partial charge in [-0.1, -0.05) is 49.5 Å². The summed E-state index contributed by atoms with van der Waals surface area (Å²) in [5.74, 6) is 0. The van der Waals surface area contributed by atoms with Gasteiger partial charge in [-0.15, -0.1) is 11.8 Å². The summed E-state index contributed by atoms with van der Waals surface area (Å²) in [6, 6.07) is 10.9. The van der Waals surface area contributed by atoms with Crippen molar-refractivity contribution in [1.29, 1.82) is 0 Å². The van der Waals surface area contributed by atoms with Gasteiger partial charge in [-0.05, 0) is 31.4 Å². The molecule has 1 aromatic rings. The van der Waals surface area contributed by atoms with Crippen LogP contribution in [0.4, 0.5) is 0 Å². The fourth-order valence-electron chi connectivity index (χ4n) is 2.38. The van der Waals surface area contributed by atoms with E-state index in [0.29, 0.717) is 0 Å². The van der Waals surface area contributed by atoms with E-state index < -0.39 is 8.07 Å². The number of allylic oxidation sites excluding steroid dienone is 1. The van der Waals surface area contributed by atoms with E-state index in [1.54, 1.807) is 5.57 Å². The SMILES string of the molecule is C[Si](C)(C)C(Sc1ccccc1)C1=CCCC1. The van der Waals surface area contributed by atoms with E-state index in [1.165, 1.54) is 24.2 Å². The van der Waals surface area contributed by atoms with Crippen LogP contribution in [0, 0.1) is 0 Å². The lowest BCUT2D eigenvalue weighted by Gasteiger charge is -2.30. The number of hydrogen-bond acceptors (Lipinski definition) is 1. The normalized spacial score (nSPS) is 17.9. The first-order valence-corrected chi connectivity index (χ1v) is 10.9. The molecule has 1 aromatic carbocycles. The highest BCUT2D eigenvalue weighted by Gasteiger charge is 2.31. The molecule has 1 atom stereocenters. The van der Waals surface area contributed by atoms with Gasteiger partial charge in [0, 0.05) is 9.77 Å². The van der Waals surface area contributed by atoms with Gasteiger partial charge in [0.05, 0.1) is 8.07 Å². The average Bonchev–Trinajstić information content (AvgIpc) is 2.79. The maximum atomic E-state index is 2.50. The Labute approximate surface area is 111 Å². The zero-order valence-corrected chi connectivity index (χ0v) is 12.9. The Hall–Kier alpha value is -0.473. The smallest absolute Gasteiger partial charge is 0.0643 e. The standard InChI is InChI=1S/C15H22SSi/c1-17(2,3)15(13-9-7-8-10-13)16-14-11-5-4-6-12-14/h4-6,9,11-12,15H,7-8,10H2,1-3H3. The molecule has 0 spiro atoms. The molecule has 0 bridgehead atoms. The van der Waals surface area contributed by atoms with E-state index in [0.717, 1.165) is 4.87 Å². The molecule has 0 aromatic heterocycles. The van der Waals surface area contributed by atoms with Gasteiger partial charge < -0.3 is 0 Å². The van der Waals surface area contributed by atoms with Gasteiger partial charge in [0.2, 0.25) is 0 Å². The van der Waals surface area contributed by atoms with E-state index in [4.69, 9.17) is 0 Å². The lowest BCUT2D eigenvalue weighted by atomic mass is 10.3. The Kier molecular flexibility index (Phi) is 4.16. The van der Waals surface area contributed by atoms with Crippen LogP contribution in [0.2, 0.25) is 19.6 Å². The lowest BCUT2D eigenvalue weighted by molar-refractivity contribution is 0.900. The summed E-state index contributed by atoms with van der Waals surface area (Å²) in [7, 11) is -1.14. The van der Waals surface area contributed by atoms with Crippen LogP contribution in [0.15, 0.2) is 46.9 Å². The highest BCUT2D eigenvalue weighted by atomic mass is 32.2. The second-order valence-electron chi connectivity index (χ2n) is 5.85. The summed E-state index contributed by atoms with van der Waals surface area (Å²) < 4.78 is 0. The van der Waals surface area contributed by atoms with Crippen molar-refractivity contribution in [3.63, 3.8) is 0 Å². The van der Waals surface area contributed by atoms with Gasteiger partial charge in [-0.2, -0.15) is 0 Å². The molecule has 17 heavy (non-hydrogen) atoms. The monoisotopic (exact) mass is 262 g/mol. The van der Waals surface area contributed by atoms with Crippen molar-refractivity contribution in [3.8, 4) is 0 Å². The minimum absolute atomic E-state index is 0.757. The minimum Gasteiger partial charge on any atom is -0.122 e. The maximum Gasteiger partial charge on any atom is 0.0643 e. The van der Waals surface area contributed by atoms with Crippen molar-refractivity contribution in [2.75, 3.05) is 0 Å². The highest BCUT2D eigenvalue weighted by molar-refractivity contribution is 8.01. The van der Waals surface area contributed by atoms with Gasteiger partial charge in [-0.25, -0.2) is 0 Å². The first kappa shape index (κ1) is 13.0. The summed E-state index contributed by atoms with van der Waals surface area (Å²) in [6.07, 6.45) is 6.49. The molecule has 0 heterocycles. The molecule has 92 valence electrons. The lowest BCUT2D eigenvalue weighted by Crippen LogP contribution is -2.36. The number of rotatable bonds is 4. The molecule has 0 saturated heterocycles. The Morgan fingerprint density at radius 3 is 2.35 bits per heavy atom. The zero-order chi connectivity index (χ0) is 12.3. The van der Waals surface area contributed by atoms with Crippen LogP contribution < -0.4 is 0 Å². The minimum atomic E-state index is -1.14. The predicted molar refractivity (Wildman–Crippen MR) is 81.4 cm³/mol. The molecule has 0 fully saturated rings. The summed E-state index contributed by atoms with van der Waals surface area (Å²) in [5.41, 5.74) is 1.72. The van der Waals surface area contributed by atoms with Crippen LogP contribution in [0.25, 0.3) is 0 Å². The second-order valence-corrected chi connectivity index (χ2v) is 12.8. The second kappa shape index (κ2) is 5.45. The molecule has 0 amide bonds. The number of thioether (sulfide) groups is 1. The molecule has 0 radical (unpaired) electrons. The van der Waals surface area contributed by atoms with Crippen LogP contribution in [-0.2, 0) is 0 Å². The zero-order valence-electron chi connectivity index (χ0n) is 11.1.